The first kappa shape index (κ1) is 12.7. The van der Waals surface area contributed by atoms with Crippen molar-refractivity contribution in [2.24, 2.45) is 0 Å². The monoisotopic (exact) mass is 254 g/mol. The summed E-state index contributed by atoms with van der Waals surface area (Å²) in [5, 5.41) is 13.5. The van der Waals surface area contributed by atoms with Crippen LogP contribution in [-0.2, 0) is 12.0 Å². The molecule has 1 aromatic carbocycles. The molecule has 1 saturated carbocycles. The van der Waals surface area contributed by atoms with Gasteiger partial charge in [0.25, 0.3) is 0 Å². The molecule has 2 aliphatic rings. The van der Waals surface area contributed by atoms with E-state index in [4.69, 9.17) is 0 Å². The van der Waals surface area contributed by atoms with Gasteiger partial charge < -0.3 is 0 Å². The molecule has 2 aliphatic carbocycles. The zero-order valence-corrected chi connectivity index (χ0v) is 11.5. The lowest BCUT2D eigenvalue weighted by atomic mass is 9.91. The number of nitriles is 1. The second kappa shape index (κ2) is 5.35. The van der Waals surface area contributed by atoms with E-state index in [0.717, 1.165) is 12.8 Å². The average molecular weight is 254 g/mol. The van der Waals surface area contributed by atoms with Gasteiger partial charge in [-0.25, -0.2) is 0 Å². The fraction of sp³-hybridized carbons (Fsp3) is 0.588. The molecule has 1 N–H and O–H groups in total. The summed E-state index contributed by atoms with van der Waals surface area (Å²) in [6, 6.07) is 11.6. The Morgan fingerprint density at radius 3 is 2.58 bits per heavy atom. The number of rotatable bonds is 2. The number of benzene rings is 1. The summed E-state index contributed by atoms with van der Waals surface area (Å²) >= 11 is 0. The third-order valence-electron chi connectivity index (χ3n) is 4.74. The molecule has 0 bridgehead atoms. The predicted octanol–water partition coefficient (Wildman–Crippen LogP) is 3.66. The van der Waals surface area contributed by atoms with Crippen molar-refractivity contribution in [3.05, 3.63) is 35.4 Å². The van der Waals surface area contributed by atoms with E-state index in [-0.39, 0.29) is 0 Å². The van der Waals surface area contributed by atoms with Gasteiger partial charge in [0.2, 0.25) is 0 Å². The van der Waals surface area contributed by atoms with Crippen LogP contribution in [0.5, 0.6) is 0 Å². The third kappa shape index (κ3) is 2.40. The van der Waals surface area contributed by atoms with Gasteiger partial charge in [0.1, 0.15) is 5.54 Å². The highest BCUT2D eigenvalue weighted by Crippen LogP contribution is 2.37. The van der Waals surface area contributed by atoms with Crippen LogP contribution in [0, 0.1) is 11.3 Å². The first-order valence-corrected chi connectivity index (χ1v) is 7.61. The molecule has 2 nitrogen and oxygen atoms in total. The Labute approximate surface area is 115 Å². The van der Waals surface area contributed by atoms with E-state index in [1.165, 1.54) is 49.7 Å². The molecule has 0 radical (unpaired) electrons. The zero-order chi connectivity index (χ0) is 13.1. The topological polar surface area (TPSA) is 35.8 Å². The van der Waals surface area contributed by atoms with E-state index in [1.807, 2.05) is 0 Å². The molecular weight excluding hydrogens is 232 g/mol. The molecule has 2 heteroatoms. The van der Waals surface area contributed by atoms with Gasteiger partial charge in [-0.3, -0.25) is 5.32 Å². The smallest absolute Gasteiger partial charge is 0.133 e. The van der Waals surface area contributed by atoms with Crippen LogP contribution < -0.4 is 5.32 Å². The average Bonchev–Trinajstić information content (AvgIpc) is 2.63. The van der Waals surface area contributed by atoms with Crippen LogP contribution in [-0.4, -0.2) is 6.04 Å². The number of fused-ring (bicyclic) bond motifs is 1. The maximum atomic E-state index is 9.75. The summed E-state index contributed by atoms with van der Waals surface area (Å²) in [5.41, 5.74) is 2.15. The van der Waals surface area contributed by atoms with Crippen molar-refractivity contribution in [3.63, 3.8) is 0 Å². The maximum Gasteiger partial charge on any atom is 0.133 e. The van der Waals surface area contributed by atoms with Gasteiger partial charge in [0.15, 0.2) is 0 Å². The Morgan fingerprint density at radius 2 is 1.84 bits per heavy atom. The van der Waals surface area contributed by atoms with E-state index >= 15 is 0 Å². The molecule has 1 fully saturated rings. The Balaban J connectivity index is 1.83. The molecule has 0 saturated heterocycles. The quantitative estimate of drug-likeness (QED) is 0.817. The molecule has 1 unspecified atom stereocenters. The third-order valence-corrected chi connectivity index (χ3v) is 4.74. The molecule has 1 aromatic rings. The summed E-state index contributed by atoms with van der Waals surface area (Å²) < 4.78 is 0. The van der Waals surface area contributed by atoms with E-state index in [0.29, 0.717) is 6.04 Å². The lowest BCUT2D eigenvalue weighted by Gasteiger charge is -2.29. The van der Waals surface area contributed by atoms with Crippen LogP contribution >= 0.6 is 0 Å². The van der Waals surface area contributed by atoms with E-state index < -0.39 is 5.54 Å². The molecule has 0 amide bonds. The molecule has 0 heterocycles. The highest BCUT2D eigenvalue weighted by atomic mass is 15.0. The largest absolute Gasteiger partial charge is 0.293 e. The van der Waals surface area contributed by atoms with Gasteiger partial charge in [-0.2, -0.15) is 5.26 Å². The number of nitrogens with zero attached hydrogens (tertiary/aromatic N) is 1. The van der Waals surface area contributed by atoms with Crippen LogP contribution in [0.25, 0.3) is 0 Å². The van der Waals surface area contributed by atoms with E-state index in [2.05, 4.69) is 35.7 Å². The van der Waals surface area contributed by atoms with Crippen molar-refractivity contribution in [2.45, 2.75) is 62.9 Å². The number of aryl methyl sites for hydroxylation is 1. The van der Waals surface area contributed by atoms with Crippen molar-refractivity contribution in [3.8, 4) is 6.07 Å². The van der Waals surface area contributed by atoms with Crippen LogP contribution in [0.1, 0.15) is 56.1 Å². The van der Waals surface area contributed by atoms with Gasteiger partial charge in [0.05, 0.1) is 6.07 Å². The van der Waals surface area contributed by atoms with Gasteiger partial charge in [-0.15, -0.1) is 0 Å². The van der Waals surface area contributed by atoms with Crippen LogP contribution in [0.15, 0.2) is 24.3 Å². The van der Waals surface area contributed by atoms with Crippen molar-refractivity contribution in [2.75, 3.05) is 0 Å². The molecule has 19 heavy (non-hydrogen) atoms. The molecule has 100 valence electrons. The van der Waals surface area contributed by atoms with E-state index in [9.17, 15) is 5.26 Å². The Kier molecular flexibility index (Phi) is 3.57. The van der Waals surface area contributed by atoms with Crippen molar-refractivity contribution in [1.29, 1.82) is 5.26 Å². The highest BCUT2D eigenvalue weighted by molar-refractivity contribution is 5.43. The highest BCUT2D eigenvalue weighted by Gasteiger charge is 2.40. The summed E-state index contributed by atoms with van der Waals surface area (Å²) in [7, 11) is 0. The van der Waals surface area contributed by atoms with Gasteiger partial charge in [-0.1, -0.05) is 49.9 Å². The first-order chi connectivity index (χ1) is 9.34. The maximum absolute atomic E-state index is 9.75. The molecule has 0 aromatic heterocycles. The van der Waals surface area contributed by atoms with Crippen LogP contribution in [0.3, 0.4) is 0 Å². The van der Waals surface area contributed by atoms with Crippen molar-refractivity contribution < 1.29 is 0 Å². The second-order valence-corrected chi connectivity index (χ2v) is 6.01. The summed E-state index contributed by atoms with van der Waals surface area (Å²) in [6.45, 7) is 0. The van der Waals surface area contributed by atoms with Gasteiger partial charge in [0, 0.05) is 6.04 Å². The molecule has 1 atom stereocenters. The van der Waals surface area contributed by atoms with Crippen LogP contribution in [0.2, 0.25) is 0 Å². The van der Waals surface area contributed by atoms with Gasteiger partial charge >= 0.3 is 0 Å². The minimum Gasteiger partial charge on any atom is -0.293 e. The minimum absolute atomic E-state index is 0.425. The fourth-order valence-corrected chi connectivity index (χ4v) is 3.68. The Bertz CT molecular complexity index is 480. The fourth-order valence-electron chi connectivity index (χ4n) is 3.68. The number of hydrogen-bond acceptors (Lipinski definition) is 2. The minimum atomic E-state index is -0.425. The molecular formula is C17H22N2. The van der Waals surface area contributed by atoms with Crippen molar-refractivity contribution in [1.82, 2.24) is 5.32 Å². The normalized spacial score (nSPS) is 27.5. The summed E-state index contributed by atoms with van der Waals surface area (Å²) in [6.07, 6.45) is 9.74. The SMILES string of the molecule is N#CC1(NC2CCCCCC2)CCc2ccccc21. The Hall–Kier alpha value is -1.33. The molecule has 0 aliphatic heterocycles. The molecule has 3 rings (SSSR count). The first-order valence-electron chi connectivity index (χ1n) is 7.61. The number of hydrogen-bond donors (Lipinski definition) is 1. The standard InChI is InChI=1S/C17H22N2/c18-13-17(19-15-8-3-1-2-4-9-15)12-11-14-7-5-6-10-16(14)17/h5-7,10,15,19H,1-4,8-9,11-12H2. The predicted molar refractivity (Wildman–Crippen MR) is 76.7 cm³/mol. The Morgan fingerprint density at radius 1 is 1.11 bits per heavy atom. The summed E-state index contributed by atoms with van der Waals surface area (Å²) in [4.78, 5) is 0. The zero-order valence-electron chi connectivity index (χ0n) is 11.5. The summed E-state index contributed by atoms with van der Waals surface area (Å²) in [5.74, 6) is 0. The van der Waals surface area contributed by atoms with E-state index in [1.54, 1.807) is 0 Å². The number of nitrogens with one attached hydrogen (secondary N) is 1. The van der Waals surface area contributed by atoms with Crippen molar-refractivity contribution >= 4 is 0 Å². The van der Waals surface area contributed by atoms with Gasteiger partial charge in [-0.05, 0) is 36.8 Å². The second-order valence-electron chi connectivity index (χ2n) is 6.01. The molecule has 0 spiro atoms. The lowest BCUT2D eigenvalue weighted by Crippen LogP contribution is -2.45. The lowest BCUT2D eigenvalue weighted by molar-refractivity contribution is 0.334. The van der Waals surface area contributed by atoms with Crippen LogP contribution in [0.4, 0.5) is 0 Å².